The molecule has 0 bridgehead atoms. The van der Waals surface area contributed by atoms with Crippen molar-refractivity contribution in [3.8, 4) is 0 Å². The Morgan fingerprint density at radius 3 is 1.12 bits per heavy atom. The van der Waals surface area contributed by atoms with Gasteiger partial charge < -0.3 is 11.5 Å². The first-order valence-electron chi connectivity index (χ1n) is 4.61. The summed E-state index contributed by atoms with van der Waals surface area (Å²) < 4.78 is 24.4. The molecule has 0 amide bonds. The smallest absolute Gasteiger partial charge is 0.146 e. The Bertz CT molecular complexity index is 373. The maximum absolute atomic E-state index is 12.2. The minimum Gasteiger partial charge on any atom is -0.396 e. The number of halogens is 2. The van der Waals surface area contributed by atoms with E-state index in [-0.39, 0.29) is 23.0 Å². The Morgan fingerprint density at radius 2 is 0.938 bits per heavy atom. The van der Waals surface area contributed by atoms with Gasteiger partial charge in [0, 0.05) is 0 Å². The molecule has 0 aliphatic carbocycles. The summed E-state index contributed by atoms with van der Waals surface area (Å²) in [7, 11) is 0. The third kappa shape index (κ3) is 3.57. The lowest BCUT2D eigenvalue weighted by Crippen LogP contribution is -1.86. The van der Waals surface area contributed by atoms with Gasteiger partial charge in [-0.05, 0) is 24.3 Å². The number of hydrogen-bond donors (Lipinski definition) is 2. The molecule has 0 aliphatic heterocycles. The first kappa shape index (κ1) is 12.0. The second kappa shape index (κ2) is 5.70. The molecule has 16 heavy (non-hydrogen) atoms. The van der Waals surface area contributed by atoms with Crippen LogP contribution in [0.3, 0.4) is 0 Å². The van der Waals surface area contributed by atoms with E-state index in [1.165, 1.54) is 24.3 Å². The molecule has 2 rings (SSSR count). The van der Waals surface area contributed by atoms with Gasteiger partial charge in [-0.25, -0.2) is 8.78 Å². The minimum absolute atomic E-state index is 0.201. The van der Waals surface area contributed by atoms with Crippen molar-refractivity contribution in [1.29, 1.82) is 0 Å². The molecule has 0 aliphatic rings. The summed E-state index contributed by atoms with van der Waals surface area (Å²) in [6.45, 7) is 0. The SMILES string of the molecule is Nc1ccccc1F.Nc1ccccc1F. The summed E-state index contributed by atoms with van der Waals surface area (Å²) in [5.41, 5.74) is 10.7. The van der Waals surface area contributed by atoms with E-state index >= 15 is 0 Å². The number of anilines is 2. The zero-order valence-electron chi connectivity index (χ0n) is 8.53. The van der Waals surface area contributed by atoms with Crippen LogP contribution in [-0.2, 0) is 0 Å². The van der Waals surface area contributed by atoms with Crippen LogP contribution < -0.4 is 11.5 Å². The van der Waals surface area contributed by atoms with Crippen LogP contribution in [0.4, 0.5) is 20.2 Å². The van der Waals surface area contributed by atoms with Gasteiger partial charge in [0.25, 0.3) is 0 Å². The number of hydrogen-bond acceptors (Lipinski definition) is 2. The molecule has 84 valence electrons. The fourth-order valence-corrected chi connectivity index (χ4v) is 0.950. The molecule has 0 saturated carbocycles. The van der Waals surface area contributed by atoms with E-state index in [4.69, 9.17) is 11.5 Å². The van der Waals surface area contributed by atoms with E-state index < -0.39 is 0 Å². The highest BCUT2D eigenvalue weighted by molar-refractivity contribution is 5.38. The summed E-state index contributed by atoms with van der Waals surface area (Å²) in [5.74, 6) is -0.708. The molecule has 0 unspecified atom stereocenters. The number of para-hydroxylation sites is 2. The lowest BCUT2D eigenvalue weighted by atomic mass is 10.3. The molecule has 2 aromatic carbocycles. The van der Waals surface area contributed by atoms with Gasteiger partial charge in [0.05, 0.1) is 11.4 Å². The van der Waals surface area contributed by atoms with Crippen molar-refractivity contribution < 1.29 is 8.78 Å². The summed E-state index contributed by atoms with van der Waals surface area (Å²) >= 11 is 0. The lowest BCUT2D eigenvalue weighted by molar-refractivity contribution is 0.632. The van der Waals surface area contributed by atoms with Crippen molar-refractivity contribution in [3.05, 3.63) is 60.2 Å². The van der Waals surface area contributed by atoms with Crippen LogP contribution in [-0.4, -0.2) is 0 Å². The topological polar surface area (TPSA) is 52.0 Å². The quantitative estimate of drug-likeness (QED) is 0.673. The third-order valence-electron chi connectivity index (χ3n) is 1.81. The van der Waals surface area contributed by atoms with Crippen molar-refractivity contribution in [2.45, 2.75) is 0 Å². The molecule has 0 fully saturated rings. The normalized spacial score (nSPS) is 9.12. The minimum atomic E-state index is -0.354. The highest BCUT2D eigenvalue weighted by atomic mass is 19.1. The Kier molecular flexibility index (Phi) is 4.27. The van der Waals surface area contributed by atoms with Gasteiger partial charge in [0.1, 0.15) is 11.6 Å². The summed E-state index contributed by atoms with van der Waals surface area (Å²) in [5, 5.41) is 0. The van der Waals surface area contributed by atoms with Crippen LogP contribution in [0.25, 0.3) is 0 Å². The molecule has 0 heterocycles. The van der Waals surface area contributed by atoms with Gasteiger partial charge in [-0.15, -0.1) is 0 Å². The van der Waals surface area contributed by atoms with Gasteiger partial charge >= 0.3 is 0 Å². The molecule has 0 atom stereocenters. The standard InChI is InChI=1S/2C6H6FN/c2*7-5-3-1-2-4-6(5)8/h2*1-4H,8H2. The van der Waals surface area contributed by atoms with Crippen LogP contribution in [0.15, 0.2) is 48.5 Å². The molecular weight excluding hydrogens is 210 g/mol. The summed E-state index contributed by atoms with van der Waals surface area (Å²) in [6.07, 6.45) is 0. The monoisotopic (exact) mass is 222 g/mol. The highest BCUT2D eigenvalue weighted by Crippen LogP contribution is 2.06. The second-order valence-corrected chi connectivity index (χ2v) is 3.04. The fraction of sp³-hybridized carbons (Fsp3) is 0. The second-order valence-electron chi connectivity index (χ2n) is 3.04. The molecule has 2 nitrogen and oxygen atoms in total. The maximum atomic E-state index is 12.2. The zero-order chi connectivity index (χ0) is 12.0. The summed E-state index contributed by atoms with van der Waals surface area (Å²) in [6, 6.07) is 12.3. The molecule has 0 radical (unpaired) electrons. The van der Waals surface area contributed by atoms with Gasteiger partial charge in [-0.2, -0.15) is 0 Å². The average Bonchev–Trinajstić information content (AvgIpc) is 2.28. The number of rotatable bonds is 0. The van der Waals surface area contributed by atoms with Crippen LogP contribution in [0.1, 0.15) is 0 Å². The van der Waals surface area contributed by atoms with E-state index in [1.54, 1.807) is 24.3 Å². The number of nitrogens with two attached hydrogens (primary N) is 2. The average molecular weight is 222 g/mol. The zero-order valence-corrected chi connectivity index (χ0v) is 8.53. The summed E-state index contributed by atoms with van der Waals surface area (Å²) in [4.78, 5) is 0. The Balaban J connectivity index is 0.000000160. The van der Waals surface area contributed by atoms with E-state index in [2.05, 4.69) is 0 Å². The first-order valence-corrected chi connectivity index (χ1v) is 4.61. The number of benzene rings is 2. The van der Waals surface area contributed by atoms with Gasteiger partial charge in [-0.3, -0.25) is 0 Å². The van der Waals surface area contributed by atoms with Crippen LogP contribution in [0.5, 0.6) is 0 Å². The van der Waals surface area contributed by atoms with Gasteiger partial charge in [-0.1, -0.05) is 24.3 Å². The first-order chi connectivity index (χ1) is 7.61. The van der Waals surface area contributed by atoms with Crippen molar-refractivity contribution in [2.75, 3.05) is 11.5 Å². The Morgan fingerprint density at radius 1 is 0.625 bits per heavy atom. The van der Waals surface area contributed by atoms with Gasteiger partial charge in [0.15, 0.2) is 0 Å². The molecule has 4 heteroatoms. The maximum Gasteiger partial charge on any atom is 0.146 e. The van der Waals surface area contributed by atoms with Crippen molar-refractivity contribution in [3.63, 3.8) is 0 Å². The molecule has 0 saturated heterocycles. The lowest BCUT2D eigenvalue weighted by Gasteiger charge is -1.89. The van der Waals surface area contributed by atoms with E-state index in [0.29, 0.717) is 0 Å². The van der Waals surface area contributed by atoms with Crippen molar-refractivity contribution in [1.82, 2.24) is 0 Å². The van der Waals surface area contributed by atoms with E-state index in [0.717, 1.165) is 0 Å². The Labute approximate surface area is 92.5 Å². The van der Waals surface area contributed by atoms with Crippen LogP contribution in [0.2, 0.25) is 0 Å². The van der Waals surface area contributed by atoms with E-state index in [1.807, 2.05) is 0 Å². The van der Waals surface area contributed by atoms with Crippen LogP contribution in [0, 0.1) is 11.6 Å². The predicted octanol–water partition coefficient (Wildman–Crippen LogP) is 2.82. The third-order valence-corrected chi connectivity index (χ3v) is 1.81. The molecule has 0 spiro atoms. The molecule has 2 aromatic rings. The predicted molar refractivity (Wildman–Crippen MR) is 61.6 cm³/mol. The molecule has 0 aromatic heterocycles. The van der Waals surface area contributed by atoms with Gasteiger partial charge in [0.2, 0.25) is 0 Å². The Hall–Kier alpha value is -2.10. The molecular formula is C12H12F2N2. The largest absolute Gasteiger partial charge is 0.396 e. The van der Waals surface area contributed by atoms with E-state index in [9.17, 15) is 8.78 Å². The number of nitrogen functional groups attached to an aromatic ring is 2. The fourth-order valence-electron chi connectivity index (χ4n) is 0.950. The van der Waals surface area contributed by atoms with Crippen LogP contribution >= 0.6 is 0 Å². The molecule has 4 N–H and O–H groups in total. The van der Waals surface area contributed by atoms with Crippen molar-refractivity contribution in [2.24, 2.45) is 0 Å². The van der Waals surface area contributed by atoms with Crippen molar-refractivity contribution >= 4 is 11.4 Å². The highest BCUT2D eigenvalue weighted by Gasteiger charge is 1.90.